The van der Waals surface area contributed by atoms with Crippen molar-refractivity contribution in [3.8, 4) is 0 Å². The summed E-state index contributed by atoms with van der Waals surface area (Å²) in [5, 5.41) is 0. The zero-order chi connectivity index (χ0) is 10.6. The van der Waals surface area contributed by atoms with Gasteiger partial charge in [0.1, 0.15) is 0 Å². The Balaban J connectivity index is 2.89. The summed E-state index contributed by atoms with van der Waals surface area (Å²) < 4.78 is 33.8. The highest BCUT2D eigenvalue weighted by atomic mass is 32.2. The van der Waals surface area contributed by atoms with Gasteiger partial charge in [0.25, 0.3) is 0 Å². The topological polar surface area (TPSA) is 34.1 Å². The standard InChI is InChI=1S/C10H11FO2S/c1-14(12,13)10-6-4-9(5-7-10)3-2-8-11/h2,4-8H,3H2,1H3/b8-2-. The number of hydrogen-bond acceptors (Lipinski definition) is 2. The number of rotatable bonds is 3. The van der Waals surface area contributed by atoms with Crippen LogP contribution in [0.15, 0.2) is 41.6 Å². The molecule has 0 heterocycles. The van der Waals surface area contributed by atoms with E-state index >= 15 is 0 Å². The lowest BCUT2D eigenvalue weighted by Gasteiger charge is -1.99. The Hall–Kier alpha value is -1.16. The van der Waals surface area contributed by atoms with Crippen molar-refractivity contribution in [1.29, 1.82) is 0 Å². The molecule has 14 heavy (non-hydrogen) atoms. The fraction of sp³-hybridized carbons (Fsp3) is 0.200. The molecule has 1 aromatic carbocycles. The first kappa shape index (κ1) is 10.9. The fourth-order valence-electron chi connectivity index (χ4n) is 1.05. The van der Waals surface area contributed by atoms with Crippen molar-refractivity contribution < 1.29 is 12.8 Å². The Morgan fingerprint density at radius 2 is 1.86 bits per heavy atom. The molecule has 0 aromatic heterocycles. The normalized spacial score (nSPS) is 12.1. The van der Waals surface area contributed by atoms with Crippen LogP contribution in [0.4, 0.5) is 4.39 Å². The third-order valence-electron chi connectivity index (χ3n) is 1.79. The van der Waals surface area contributed by atoms with Crippen molar-refractivity contribution in [3.05, 3.63) is 42.2 Å². The van der Waals surface area contributed by atoms with Gasteiger partial charge in [0, 0.05) is 6.26 Å². The Bertz CT molecular complexity index is 418. The van der Waals surface area contributed by atoms with Crippen LogP contribution < -0.4 is 0 Å². The van der Waals surface area contributed by atoms with E-state index < -0.39 is 9.84 Å². The van der Waals surface area contributed by atoms with Crippen LogP contribution in [0.2, 0.25) is 0 Å². The number of allylic oxidation sites excluding steroid dienone is 1. The molecule has 0 aliphatic rings. The monoisotopic (exact) mass is 214 g/mol. The molecular weight excluding hydrogens is 203 g/mol. The molecule has 0 unspecified atom stereocenters. The van der Waals surface area contributed by atoms with Crippen molar-refractivity contribution in [2.45, 2.75) is 11.3 Å². The summed E-state index contributed by atoms with van der Waals surface area (Å²) in [7, 11) is -3.13. The summed E-state index contributed by atoms with van der Waals surface area (Å²) in [5.41, 5.74) is 0.881. The number of benzene rings is 1. The van der Waals surface area contributed by atoms with Crippen molar-refractivity contribution in [2.24, 2.45) is 0 Å². The van der Waals surface area contributed by atoms with Gasteiger partial charge >= 0.3 is 0 Å². The molecular formula is C10H11FO2S. The molecule has 0 bridgehead atoms. The smallest absolute Gasteiger partial charge is 0.175 e. The fourth-order valence-corrected chi connectivity index (χ4v) is 1.68. The first-order valence-corrected chi connectivity index (χ1v) is 5.97. The molecule has 1 aromatic rings. The van der Waals surface area contributed by atoms with Crippen LogP contribution in [0.5, 0.6) is 0 Å². The van der Waals surface area contributed by atoms with Crippen molar-refractivity contribution >= 4 is 9.84 Å². The van der Waals surface area contributed by atoms with E-state index in [1.165, 1.54) is 18.2 Å². The number of halogens is 1. The first-order chi connectivity index (χ1) is 6.54. The zero-order valence-electron chi connectivity index (χ0n) is 7.77. The summed E-state index contributed by atoms with van der Waals surface area (Å²) >= 11 is 0. The first-order valence-electron chi connectivity index (χ1n) is 4.08. The SMILES string of the molecule is CS(=O)(=O)c1ccc(C/C=C\F)cc1. The lowest BCUT2D eigenvalue weighted by atomic mass is 10.1. The van der Waals surface area contributed by atoms with Gasteiger partial charge in [-0.25, -0.2) is 12.8 Å². The van der Waals surface area contributed by atoms with Gasteiger partial charge in [-0.3, -0.25) is 0 Å². The second-order valence-electron chi connectivity index (χ2n) is 2.98. The Morgan fingerprint density at radius 1 is 1.29 bits per heavy atom. The van der Waals surface area contributed by atoms with Crippen molar-refractivity contribution in [2.75, 3.05) is 6.26 Å². The molecule has 0 radical (unpaired) electrons. The molecule has 0 fully saturated rings. The van der Waals surface area contributed by atoms with Crippen molar-refractivity contribution in [1.82, 2.24) is 0 Å². The van der Waals surface area contributed by atoms with Crippen LogP contribution in [0.1, 0.15) is 5.56 Å². The van der Waals surface area contributed by atoms with E-state index in [2.05, 4.69) is 0 Å². The van der Waals surface area contributed by atoms with E-state index in [-0.39, 0.29) is 4.90 Å². The Morgan fingerprint density at radius 3 is 2.29 bits per heavy atom. The van der Waals surface area contributed by atoms with Gasteiger partial charge in [0.15, 0.2) is 9.84 Å². The van der Waals surface area contributed by atoms with Crippen LogP contribution in [0.25, 0.3) is 0 Å². The molecule has 0 amide bonds. The highest BCUT2D eigenvalue weighted by molar-refractivity contribution is 7.90. The van der Waals surface area contributed by atoms with Gasteiger partial charge in [0.2, 0.25) is 0 Å². The summed E-state index contributed by atoms with van der Waals surface area (Å²) in [4.78, 5) is 0.283. The minimum absolute atomic E-state index is 0.283. The molecule has 0 aliphatic carbocycles. The Kier molecular flexibility index (Phi) is 3.41. The lowest BCUT2D eigenvalue weighted by Crippen LogP contribution is -1.96. The van der Waals surface area contributed by atoms with E-state index in [0.29, 0.717) is 12.8 Å². The van der Waals surface area contributed by atoms with Crippen LogP contribution in [-0.2, 0) is 16.3 Å². The summed E-state index contributed by atoms with van der Waals surface area (Å²) in [6, 6.07) is 6.40. The maximum atomic E-state index is 11.7. The third-order valence-corrected chi connectivity index (χ3v) is 2.92. The quantitative estimate of drug-likeness (QED) is 0.772. The van der Waals surface area contributed by atoms with Crippen LogP contribution in [0, 0.1) is 0 Å². The minimum atomic E-state index is -3.13. The van der Waals surface area contributed by atoms with Crippen LogP contribution >= 0.6 is 0 Å². The van der Waals surface area contributed by atoms with Gasteiger partial charge in [-0.2, -0.15) is 0 Å². The van der Waals surface area contributed by atoms with Gasteiger partial charge in [0.05, 0.1) is 11.2 Å². The predicted octanol–water partition coefficient (Wildman–Crippen LogP) is 2.12. The minimum Gasteiger partial charge on any atom is -0.224 e. The molecule has 76 valence electrons. The average Bonchev–Trinajstić information content (AvgIpc) is 2.14. The van der Waals surface area contributed by atoms with E-state index in [4.69, 9.17) is 0 Å². The molecule has 0 saturated heterocycles. The maximum Gasteiger partial charge on any atom is 0.175 e. The molecule has 0 saturated carbocycles. The lowest BCUT2D eigenvalue weighted by molar-refractivity contribution is 0.602. The molecule has 0 spiro atoms. The third kappa shape index (κ3) is 2.96. The highest BCUT2D eigenvalue weighted by Crippen LogP contribution is 2.10. The number of hydrogen-bond donors (Lipinski definition) is 0. The average molecular weight is 214 g/mol. The van der Waals surface area contributed by atoms with Gasteiger partial charge < -0.3 is 0 Å². The van der Waals surface area contributed by atoms with Gasteiger partial charge in [-0.05, 0) is 24.1 Å². The van der Waals surface area contributed by atoms with E-state index in [1.807, 2.05) is 0 Å². The van der Waals surface area contributed by atoms with Crippen LogP contribution in [-0.4, -0.2) is 14.7 Å². The van der Waals surface area contributed by atoms with Gasteiger partial charge in [-0.1, -0.05) is 18.2 Å². The molecule has 1 rings (SSSR count). The second-order valence-corrected chi connectivity index (χ2v) is 5.00. The van der Waals surface area contributed by atoms with Crippen molar-refractivity contribution in [3.63, 3.8) is 0 Å². The van der Waals surface area contributed by atoms with Crippen LogP contribution in [0.3, 0.4) is 0 Å². The Labute approximate surface area is 83.0 Å². The summed E-state index contributed by atoms with van der Waals surface area (Å²) in [6.07, 6.45) is 3.48. The zero-order valence-corrected chi connectivity index (χ0v) is 8.59. The molecule has 0 aliphatic heterocycles. The summed E-state index contributed by atoms with van der Waals surface area (Å²) in [6.45, 7) is 0. The van der Waals surface area contributed by atoms with E-state index in [9.17, 15) is 12.8 Å². The molecule has 0 N–H and O–H groups in total. The van der Waals surface area contributed by atoms with E-state index in [1.54, 1.807) is 12.1 Å². The predicted molar refractivity (Wildman–Crippen MR) is 53.5 cm³/mol. The second kappa shape index (κ2) is 4.37. The maximum absolute atomic E-state index is 11.7. The van der Waals surface area contributed by atoms with Gasteiger partial charge in [-0.15, -0.1) is 0 Å². The molecule has 0 atom stereocenters. The molecule has 4 heteroatoms. The summed E-state index contributed by atoms with van der Waals surface area (Å²) in [5.74, 6) is 0. The highest BCUT2D eigenvalue weighted by Gasteiger charge is 2.05. The van der Waals surface area contributed by atoms with E-state index in [0.717, 1.165) is 11.8 Å². The largest absolute Gasteiger partial charge is 0.224 e. The number of sulfone groups is 1. The molecule has 2 nitrogen and oxygen atoms in total.